The van der Waals surface area contributed by atoms with E-state index in [4.69, 9.17) is 32.7 Å². The number of carbonyl (C=O) groups excluding carboxylic acids is 2. The highest BCUT2D eigenvalue weighted by atomic mass is 35.5. The van der Waals surface area contributed by atoms with Gasteiger partial charge in [-0.25, -0.2) is 9.59 Å². The predicted octanol–water partition coefficient (Wildman–Crippen LogP) is 5.49. The van der Waals surface area contributed by atoms with Gasteiger partial charge in [0.1, 0.15) is 0 Å². The maximum Gasteiger partial charge on any atom is 0.343 e. The molecule has 2 N–H and O–H groups in total. The summed E-state index contributed by atoms with van der Waals surface area (Å²) in [5.41, 5.74) is 0.130. The first kappa shape index (κ1) is 21.2. The van der Waals surface area contributed by atoms with Crippen LogP contribution in [0.4, 0.5) is 0 Å². The SMILES string of the molecule is C=Cc1c(O)c(OC(=O)c2cccc(Cl)c2)cc(O)c1OC(=O)c1cccc(Cl)c1. The number of hydrogen-bond acceptors (Lipinski definition) is 6. The molecule has 0 fully saturated rings. The molecule has 0 aromatic heterocycles. The third-order valence-electron chi connectivity index (χ3n) is 3.96. The topological polar surface area (TPSA) is 93.1 Å². The summed E-state index contributed by atoms with van der Waals surface area (Å²) in [5, 5.41) is 21.5. The van der Waals surface area contributed by atoms with Gasteiger partial charge in [-0.1, -0.05) is 48.0 Å². The average molecular weight is 445 g/mol. The summed E-state index contributed by atoms with van der Waals surface area (Å²) in [6, 6.07) is 12.9. The number of carbonyl (C=O) groups is 2. The van der Waals surface area contributed by atoms with E-state index in [0.29, 0.717) is 10.0 Å². The van der Waals surface area contributed by atoms with Crippen LogP contribution in [0, 0.1) is 0 Å². The summed E-state index contributed by atoms with van der Waals surface area (Å²) >= 11 is 11.7. The van der Waals surface area contributed by atoms with Gasteiger partial charge in [-0.2, -0.15) is 0 Å². The summed E-state index contributed by atoms with van der Waals surface area (Å²) in [7, 11) is 0. The molecule has 0 unspecified atom stereocenters. The molecule has 3 rings (SSSR count). The number of rotatable bonds is 5. The van der Waals surface area contributed by atoms with E-state index in [9.17, 15) is 19.8 Å². The van der Waals surface area contributed by atoms with Gasteiger partial charge in [-0.15, -0.1) is 0 Å². The summed E-state index contributed by atoms with van der Waals surface area (Å²) < 4.78 is 10.4. The molecular formula is C22H14Cl2O6. The number of benzene rings is 3. The number of phenolic OH excluding ortho intramolecular Hbond substituents is 2. The third-order valence-corrected chi connectivity index (χ3v) is 4.43. The second kappa shape index (κ2) is 8.90. The van der Waals surface area contributed by atoms with Crippen molar-refractivity contribution in [2.45, 2.75) is 0 Å². The van der Waals surface area contributed by atoms with E-state index in [-0.39, 0.29) is 28.2 Å². The van der Waals surface area contributed by atoms with Crippen molar-refractivity contribution in [3.63, 3.8) is 0 Å². The van der Waals surface area contributed by atoms with Gasteiger partial charge in [0.15, 0.2) is 23.0 Å². The van der Waals surface area contributed by atoms with E-state index < -0.39 is 23.4 Å². The second-order valence-electron chi connectivity index (χ2n) is 5.99. The molecule has 0 saturated heterocycles. The van der Waals surface area contributed by atoms with Crippen LogP contribution >= 0.6 is 23.2 Å². The van der Waals surface area contributed by atoms with Crippen LogP contribution in [0.5, 0.6) is 23.0 Å². The third kappa shape index (κ3) is 4.56. The highest BCUT2D eigenvalue weighted by Gasteiger charge is 2.23. The van der Waals surface area contributed by atoms with Gasteiger partial charge in [-0.05, 0) is 36.4 Å². The van der Waals surface area contributed by atoms with Gasteiger partial charge in [0.2, 0.25) is 0 Å². The maximum atomic E-state index is 12.4. The number of hydrogen-bond donors (Lipinski definition) is 2. The lowest BCUT2D eigenvalue weighted by atomic mass is 10.1. The van der Waals surface area contributed by atoms with Crippen molar-refractivity contribution >= 4 is 41.2 Å². The molecule has 0 aliphatic rings. The van der Waals surface area contributed by atoms with Gasteiger partial charge in [0, 0.05) is 16.1 Å². The Labute approximate surface area is 181 Å². The minimum atomic E-state index is -0.820. The van der Waals surface area contributed by atoms with E-state index in [1.54, 1.807) is 24.3 Å². The molecule has 0 heterocycles. The lowest BCUT2D eigenvalue weighted by molar-refractivity contribution is 0.0711. The van der Waals surface area contributed by atoms with E-state index in [1.165, 1.54) is 24.3 Å². The smallest absolute Gasteiger partial charge is 0.343 e. The largest absolute Gasteiger partial charge is 0.504 e. The summed E-state index contributed by atoms with van der Waals surface area (Å²) in [5.74, 6) is -3.44. The van der Waals surface area contributed by atoms with E-state index in [2.05, 4.69) is 6.58 Å². The molecule has 0 saturated carbocycles. The second-order valence-corrected chi connectivity index (χ2v) is 6.86. The molecule has 0 radical (unpaired) electrons. The Morgan fingerprint density at radius 1 is 0.867 bits per heavy atom. The van der Waals surface area contributed by atoms with E-state index in [0.717, 1.165) is 12.1 Å². The molecule has 0 spiro atoms. The zero-order valence-corrected chi connectivity index (χ0v) is 16.8. The minimum absolute atomic E-state index is 0.132. The predicted molar refractivity (Wildman–Crippen MR) is 113 cm³/mol. The Kier molecular flexibility index (Phi) is 6.30. The van der Waals surface area contributed by atoms with Crippen LogP contribution in [0.15, 0.2) is 61.2 Å². The molecule has 0 aliphatic carbocycles. The minimum Gasteiger partial charge on any atom is -0.504 e. The van der Waals surface area contributed by atoms with Gasteiger partial charge in [-0.3, -0.25) is 0 Å². The van der Waals surface area contributed by atoms with Crippen LogP contribution in [0.25, 0.3) is 6.08 Å². The van der Waals surface area contributed by atoms with Crippen molar-refractivity contribution in [3.8, 4) is 23.0 Å². The van der Waals surface area contributed by atoms with Crippen LogP contribution in [0.1, 0.15) is 26.3 Å². The first-order chi connectivity index (χ1) is 14.3. The van der Waals surface area contributed by atoms with Gasteiger partial charge in [0.25, 0.3) is 0 Å². The molecule has 3 aromatic carbocycles. The number of phenols is 2. The zero-order chi connectivity index (χ0) is 21.8. The van der Waals surface area contributed by atoms with E-state index in [1.807, 2.05) is 0 Å². The summed E-state index contributed by atoms with van der Waals surface area (Å²) in [4.78, 5) is 24.7. The first-order valence-corrected chi connectivity index (χ1v) is 9.22. The molecule has 0 amide bonds. The lowest BCUT2D eigenvalue weighted by Gasteiger charge is -2.14. The van der Waals surface area contributed by atoms with Crippen molar-refractivity contribution in [1.29, 1.82) is 0 Å². The highest BCUT2D eigenvalue weighted by molar-refractivity contribution is 6.31. The number of ether oxygens (including phenoxy) is 2. The normalized spacial score (nSPS) is 10.3. The Balaban J connectivity index is 1.92. The quantitative estimate of drug-likeness (QED) is 0.307. The number of aromatic hydroxyl groups is 2. The van der Waals surface area contributed by atoms with Crippen molar-refractivity contribution in [2.75, 3.05) is 0 Å². The fraction of sp³-hybridized carbons (Fsp3) is 0. The maximum absolute atomic E-state index is 12.4. The lowest BCUT2D eigenvalue weighted by Crippen LogP contribution is -2.11. The van der Waals surface area contributed by atoms with Gasteiger partial charge < -0.3 is 19.7 Å². The Bertz CT molecular complexity index is 1160. The number of halogens is 2. The van der Waals surface area contributed by atoms with Crippen molar-refractivity contribution < 1.29 is 29.3 Å². The van der Waals surface area contributed by atoms with Crippen LogP contribution in [0.3, 0.4) is 0 Å². The monoisotopic (exact) mass is 444 g/mol. The average Bonchev–Trinajstić information content (AvgIpc) is 2.71. The molecule has 30 heavy (non-hydrogen) atoms. The molecule has 0 bridgehead atoms. The van der Waals surface area contributed by atoms with E-state index >= 15 is 0 Å². The Morgan fingerprint density at radius 2 is 1.40 bits per heavy atom. The molecule has 0 atom stereocenters. The Hall–Kier alpha value is -3.48. The summed E-state index contributed by atoms with van der Waals surface area (Å²) in [6.45, 7) is 3.54. The van der Waals surface area contributed by atoms with Crippen LogP contribution < -0.4 is 9.47 Å². The van der Waals surface area contributed by atoms with Crippen LogP contribution in [-0.4, -0.2) is 22.2 Å². The Morgan fingerprint density at radius 3 is 1.90 bits per heavy atom. The molecule has 8 heteroatoms. The molecule has 6 nitrogen and oxygen atoms in total. The molecular weight excluding hydrogens is 431 g/mol. The fourth-order valence-corrected chi connectivity index (χ4v) is 2.93. The van der Waals surface area contributed by atoms with Gasteiger partial charge >= 0.3 is 11.9 Å². The summed E-state index contributed by atoms with van der Waals surface area (Å²) in [6.07, 6.45) is 1.15. The molecule has 152 valence electrons. The first-order valence-electron chi connectivity index (χ1n) is 8.47. The molecule has 3 aromatic rings. The number of esters is 2. The fourth-order valence-electron chi connectivity index (χ4n) is 2.55. The van der Waals surface area contributed by atoms with Crippen LogP contribution in [-0.2, 0) is 0 Å². The van der Waals surface area contributed by atoms with Crippen molar-refractivity contribution in [2.24, 2.45) is 0 Å². The van der Waals surface area contributed by atoms with Crippen LogP contribution in [0.2, 0.25) is 10.0 Å². The van der Waals surface area contributed by atoms with Gasteiger partial charge in [0.05, 0.1) is 16.7 Å². The highest BCUT2D eigenvalue weighted by Crippen LogP contribution is 2.44. The van der Waals surface area contributed by atoms with Crippen molar-refractivity contribution in [1.82, 2.24) is 0 Å². The molecule has 0 aliphatic heterocycles. The zero-order valence-electron chi connectivity index (χ0n) is 15.3. The van der Waals surface area contributed by atoms with Crippen molar-refractivity contribution in [3.05, 3.63) is 87.9 Å². The standard InChI is InChI=1S/C22H14Cl2O6/c1-2-16-19(26)18(29-21(27)12-5-3-7-14(23)9-12)11-17(25)20(16)30-22(28)13-6-4-8-15(24)10-13/h2-11,25-26H,1H2.